The summed E-state index contributed by atoms with van der Waals surface area (Å²) in [5.41, 5.74) is 1.49. The third-order valence-electron chi connectivity index (χ3n) is 3.48. The molecule has 1 N–H and O–H groups in total. The van der Waals surface area contributed by atoms with Crippen molar-refractivity contribution < 1.29 is 14.6 Å². The molecule has 1 aliphatic rings. The van der Waals surface area contributed by atoms with Crippen LogP contribution in [0.1, 0.15) is 30.0 Å². The lowest BCUT2D eigenvalue weighted by molar-refractivity contribution is -0.0669. The van der Waals surface area contributed by atoms with Crippen LogP contribution in [-0.4, -0.2) is 57.6 Å². The summed E-state index contributed by atoms with van der Waals surface area (Å²) in [4.78, 5) is 14.3. The monoisotopic (exact) mass is 267 g/mol. The topological polar surface area (TPSA) is 67.6 Å². The van der Waals surface area contributed by atoms with Crippen LogP contribution >= 0.6 is 0 Å². The maximum absolute atomic E-state index is 12.5. The SMILES string of the molecule is CCc1cc(C(=O)N2CC(CO)OCC2C)n(C)n1. The highest BCUT2D eigenvalue weighted by atomic mass is 16.5. The minimum Gasteiger partial charge on any atom is -0.394 e. The number of rotatable bonds is 3. The van der Waals surface area contributed by atoms with E-state index in [1.165, 1.54) is 0 Å². The molecule has 1 fully saturated rings. The Bertz CT molecular complexity index is 458. The lowest BCUT2D eigenvalue weighted by atomic mass is 10.1. The van der Waals surface area contributed by atoms with Crippen LogP contribution in [0.3, 0.4) is 0 Å². The molecule has 0 aliphatic carbocycles. The molecular weight excluding hydrogens is 246 g/mol. The normalized spacial score (nSPS) is 23.7. The Hall–Kier alpha value is -1.40. The zero-order valence-electron chi connectivity index (χ0n) is 11.7. The highest BCUT2D eigenvalue weighted by Crippen LogP contribution is 2.16. The summed E-state index contributed by atoms with van der Waals surface area (Å²) in [6.07, 6.45) is 0.512. The van der Waals surface area contributed by atoms with Crippen molar-refractivity contribution in [1.29, 1.82) is 0 Å². The van der Waals surface area contributed by atoms with Gasteiger partial charge in [-0.15, -0.1) is 0 Å². The average Bonchev–Trinajstić information content (AvgIpc) is 2.80. The summed E-state index contributed by atoms with van der Waals surface area (Å²) in [7, 11) is 1.78. The second-order valence-electron chi connectivity index (χ2n) is 4.94. The molecule has 106 valence electrons. The highest BCUT2D eigenvalue weighted by Gasteiger charge is 2.31. The summed E-state index contributed by atoms with van der Waals surface area (Å²) in [5.74, 6) is -0.0519. The number of ether oxygens (including phenoxy) is 1. The fourth-order valence-corrected chi connectivity index (χ4v) is 2.26. The second kappa shape index (κ2) is 5.71. The van der Waals surface area contributed by atoms with Crippen LogP contribution in [0, 0.1) is 0 Å². The third-order valence-corrected chi connectivity index (χ3v) is 3.48. The van der Waals surface area contributed by atoms with Crippen LogP contribution < -0.4 is 0 Å². The molecule has 2 rings (SSSR count). The predicted octanol–water partition coefficient (Wildman–Crippen LogP) is 0.204. The van der Waals surface area contributed by atoms with Crippen LogP contribution in [0.5, 0.6) is 0 Å². The molecule has 0 radical (unpaired) electrons. The van der Waals surface area contributed by atoms with Gasteiger partial charge < -0.3 is 14.7 Å². The Morgan fingerprint density at radius 1 is 1.63 bits per heavy atom. The van der Waals surface area contributed by atoms with E-state index in [9.17, 15) is 4.79 Å². The molecule has 0 bridgehead atoms. The van der Waals surface area contributed by atoms with Crippen molar-refractivity contribution in [2.45, 2.75) is 32.4 Å². The van der Waals surface area contributed by atoms with Crippen molar-refractivity contribution in [2.24, 2.45) is 7.05 Å². The van der Waals surface area contributed by atoms with Crippen LogP contribution in [0.15, 0.2) is 6.07 Å². The smallest absolute Gasteiger partial charge is 0.272 e. The Labute approximate surface area is 113 Å². The van der Waals surface area contributed by atoms with Gasteiger partial charge in [0.05, 0.1) is 31.1 Å². The number of aliphatic hydroxyl groups excluding tert-OH is 1. The maximum atomic E-state index is 12.5. The van der Waals surface area contributed by atoms with Crippen molar-refractivity contribution in [1.82, 2.24) is 14.7 Å². The number of nitrogens with zero attached hydrogens (tertiary/aromatic N) is 3. The van der Waals surface area contributed by atoms with E-state index in [2.05, 4.69) is 5.10 Å². The van der Waals surface area contributed by atoms with Gasteiger partial charge in [0, 0.05) is 13.6 Å². The molecule has 0 spiro atoms. The Balaban J connectivity index is 2.19. The first kappa shape index (κ1) is 14.0. The lowest BCUT2D eigenvalue weighted by Crippen LogP contribution is -2.52. The number of hydrogen-bond acceptors (Lipinski definition) is 4. The van der Waals surface area contributed by atoms with Gasteiger partial charge in [-0.2, -0.15) is 5.10 Å². The van der Waals surface area contributed by atoms with Gasteiger partial charge in [-0.25, -0.2) is 0 Å². The van der Waals surface area contributed by atoms with Crippen molar-refractivity contribution in [3.63, 3.8) is 0 Å². The van der Waals surface area contributed by atoms with E-state index in [-0.39, 0.29) is 24.7 Å². The molecule has 1 aromatic rings. The maximum Gasteiger partial charge on any atom is 0.272 e. The number of amides is 1. The zero-order chi connectivity index (χ0) is 14.0. The molecule has 2 heterocycles. The quantitative estimate of drug-likeness (QED) is 0.850. The molecule has 6 heteroatoms. The van der Waals surface area contributed by atoms with Gasteiger partial charge in [-0.1, -0.05) is 6.92 Å². The van der Waals surface area contributed by atoms with E-state index >= 15 is 0 Å². The molecule has 1 saturated heterocycles. The zero-order valence-corrected chi connectivity index (χ0v) is 11.7. The molecule has 2 unspecified atom stereocenters. The van der Waals surface area contributed by atoms with E-state index in [0.29, 0.717) is 18.8 Å². The van der Waals surface area contributed by atoms with E-state index < -0.39 is 0 Å². The molecule has 2 atom stereocenters. The Morgan fingerprint density at radius 3 is 2.95 bits per heavy atom. The summed E-state index contributed by atoms with van der Waals surface area (Å²) < 4.78 is 7.07. The summed E-state index contributed by atoms with van der Waals surface area (Å²) in [6.45, 7) is 4.76. The van der Waals surface area contributed by atoms with E-state index in [1.807, 2.05) is 19.9 Å². The van der Waals surface area contributed by atoms with Crippen LogP contribution in [0.25, 0.3) is 0 Å². The summed E-state index contributed by atoms with van der Waals surface area (Å²) >= 11 is 0. The Kier molecular flexibility index (Phi) is 4.21. The highest BCUT2D eigenvalue weighted by molar-refractivity contribution is 5.93. The molecule has 0 saturated carbocycles. The van der Waals surface area contributed by atoms with Crippen LogP contribution in [0.2, 0.25) is 0 Å². The van der Waals surface area contributed by atoms with Crippen LogP contribution in [-0.2, 0) is 18.2 Å². The fourth-order valence-electron chi connectivity index (χ4n) is 2.26. The first-order valence-electron chi connectivity index (χ1n) is 6.63. The van der Waals surface area contributed by atoms with Gasteiger partial charge in [-0.3, -0.25) is 9.48 Å². The Morgan fingerprint density at radius 2 is 2.37 bits per heavy atom. The second-order valence-corrected chi connectivity index (χ2v) is 4.94. The minimum absolute atomic E-state index is 0.00952. The lowest BCUT2D eigenvalue weighted by Gasteiger charge is -2.37. The van der Waals surface area contributed by atoms with Gasteiger partial charge in [-0.05, 0) is 19.4 Å². The third kappa shape index (κ3) is 2.79. The predicted molar refractivity (Wildman–Crippen MR) is 69.9 cm³/mol. The van der Waals surface area contributed by atoms with Gasteiger partial charge in [0.1, 0.15) is 5.69 Å². The van der Waals surface area contributed by atoms with Crippen LogP contribution in [0.4, 0.5) is 0 Å². The largest absolute Gasteiger partial charge is 0.394 e. The van der Waals surface area contributed by atoms with Gasteiger partial charge in [0.2, 0.25) is 0 Å². The van der Waals surface area contributed by atoms with Crippen molar-refractivity contribution in [3.05, 3.63) is 17.5 Å². The average molecular weight is 267 g/mol. The van der Waals surface area contributed by atoms with Gasteiger partial charge in [0.15, 0.2) is 0 Å². The van der Waals surface area contributed by atoms with Gasteiger partial charge in [0.25, 0.3) is 5.91 Å². The number of aryl methyl sites for hydroxylation is 2. The number of aliphatic hydroxyl groups is 1. The summed E-state index contributed by atoms with van der Waals surface area (Å²) in [6, 6.07) is 1.84. The number of aromatic nitrogens is 2. The van der Waals surface area contributed by atoms with E-state index in [1.54, 1.807) is 16.6 Å². The standard InChI is InChI=1S/C13H21N3O3/c1-4-10-5-12(15(3)14-10)13(18)16-6-11(7-17)19-8-9(16)2/h5,9,11,17H,4,6-8H2,1-3H3. The van der Waals surface area contributed by atoms with Gasteiger partial charge >= 0.3 is 0 Å². The number of morpholine rings is 1. The molecule has 19 heavy (non-hydrogen) atoms. The van der Waals surface area contributed by atoms with Crippen molar-refractivity contribution in [3.8, 4) is 0 Å². The summed E-state index contributed by atoms with van der Waals surface area (Å²) in [5, 5.41) is 13.5. The first-order chi connectivity index (χ1) is 9.06. The fraction of sp³-hybridized carbons (Fsp3) is 0.692. The number of hydrogen-bond donors (Lipinski definition) is 1. The molecule has 1 aromatic heterocycles. The molecular formula is C13H21N3O3. The van der Waals surface area contributed by atoms with E-state index in [0.717, 1.165) is 12.1 Å². The van der Waals surface area contributed by atoms with Crippen molar-refractivity contribution in [2.75, 3.05) is 19.8 Å². The first-order valence-corrected chi connectivity index (χ1v) is 6.63. The van der Waals surface area contributed by atoms with Crippen molar-refractivity contribution >= 4 is 5.91 Å². The minimum atomic E-state index is -0.293. The number of carbonyl (C=O) groups excluding carboxylic acids is 1. The molecule has 6 nitrogen and oxygen atoms in total. The molecule has 1 aliphatic heterocycles. The molecule has 1 amide bonds. The number of carbonyl (C=O) groups is 1. The molecule has 0 aromatic carbocycles. The van der Waals surface area contributed by atoms with E-state index in [4.69, 9.17) is 9.84 Å².